The number of halogens is 1. The minimum atomic E-state index is -4.13. The van der Waals surface area contributed by atoms with E-state index < -0.39 is 33.9 Å². The smallest absolute Gasteiger partial charge is 0.330 e. The molecular formula is C16H23ClN4O5S. The highest BCUT2D eigenvalue weighted by Crippen LogP contribution is 2.36. The predicted octanol–water partition coefficient (Wildman–Crippen LogP) is 0.159. The second kappa shape index (κ2) is 9.05. The van der Waals surface area contributed by atoms with Crippen molar-refractivity contribution >= 4 is 40.3 Å². The molecule has 1 heterocycles. The van der Waals surface area contributed by atoms with E-state index in [0.717, 1.165) is 12.7 Å². The highest BCUT2D eigenvalue weighted by molar-refractivity contribution is 7.89. The number of benzene rings is 1. The van der Waals surface area contributed by atoms with Gasteiger partial charge in [0.05, 0.1) is 17.9 Å². The Morgan fingerprint density at radius 3 is 2.37 bits per heavy atom. The topological polar surface area (TPSA) is 145 Å². The molecule has 0 radical (unpaired) electrons. The summed E-state index contributed by atoms with van der Waals surface area (Å²) in [5.41, 5.74) is 11.3. The van der Waals surface area contributed by atoms with Crippen LogP contribution in [0.25, 0.3) is 0 Å². The molecule has 1 aromatic carbocycles. The van der Waals surface area contributed by atoms with Crippen molar-refractivity contribution in [2.24, 2.45) is 22.4 Å². The molecule has 0 aliphatic carbocycles. The molecule has 150 valence electrons. The summed E-state index contributed by atoms with van der Waals surface area (Å²) in [5, 5.41) is 0. The summed E-state index contributed by atoms with van der Waals surface area (Å²) in [6.07, 6.45) is 0.704. The average molecular weight is 419 g/mol. The van der Waals surface area contributed by atoms with Gasteiger partial charge in [-0.3, -0.25) is 9.79 Å². The molecule has 1 amide bonds. The molecule has 0 unspecified atom stereocenters. The summed E-state index contributed by atoms with van der Waals surface area (Å²) >= 11 is 0. The molecular weight excluding hydrogens is 396 g/mol. The molecule has 1 aliphatic heterocycles. The van der Waals surface area contributed by atoms with Crippen molar-refractivity contribution in [3.05, 3.63) is 29.8 Å². The van der Waals surface area contributed by atoms with Crippen LogP contribution in [0.2, 0.25) is 0 Å². The Hall–Kier alpha value is -2.33. The number of nitrogens with two attached hydrogens (primary N) is 2. The van der Waals surface area contributed by atoms with Gasteiger partial charge in [0, 0.05) is 6.54 Å². The molecule has 2 rings (SSSR count). The van der Waals surface area contributed by atoms with Crippen LogP contribution in [0.15, 0.2) is 34.2 Å². The zero-order valence-electron chi connectivity index (χ0n) is 15.0. The normalized spacial score (nSPS) is 18.9. The van der Waals surface area contributed by atoms with E-state index in [2.05, 4.69) is 4.99 Å². The number of ether oxygens (including phenoxy) is 1. The van der Waals surface area contributed by atoms with Crippen LogP contribution in [-0.4, -0.2) is 50.3 Å². The summed E-state index contributed by atoms with van der Waals surface area (Å²) in [6, 6.07) is 4.86. The Kier molecular flexibility index (Phi) is 7.61. The monoisotopic (exact) mass is 418 g/mol. The Balaban J connectivity index is 0.00000364. The molecule has 11 heteroatoms. The molecule has 9 nitrogen and oxygen atoms in total. The quantitative estimate of drug-likeness (QED) is 0.211. The Morgan fingerprint density at radius 1 is 1.26 bits per heavy atom. The number of amides is 1. The van der Waals surface area contributed by atoms with E-state index in [4.69, 9.17) is 16.2 Å². The molecule has 1 fully saturated rings. The fraction of sp³-hybridized carbons (Fsp3) is 0.438. The third kappa shape index (κ3) is 4.69. The first-order chi connectivity index (χ1) is 12.2. The molecule has 0 spiro atoms. The van der Waals surface area contributed by atoms with Gasteiger partial charge in [0.1, 0.15) is 0 Å². The van der Waals surface area contributed by atoms with Crippen molar-refractivity contribution in [3.8, 4) is 0 Å². The van der Waals surface area contributed by atoms with Gasteiger partial charge >= 0.3 is 5.97 Å². The van der Waals surface area contributed by atoms with Crippen molar-refractivity contribution in [3.63, 3.8) is 0 Å². The van der Waals surface area contributed by atoms with E-state index in [1.54, 1.807) is 12.1 Å². The number of hydrogen-bond donors (Lipinski definition) is 2. The number of carbonyl (C=O) groups excluding carboxylic acids is 2. The van der Waals surface area contributed by atoms with Crippen molar-refractivity contribution in [2.45, 2.75) is 30.7 Å². The van der Waals surface area contributed by atoms with Gasteiger partial charge < -0.3 is 16.2 Å². The van der Waals surface area contributed by atoms with E-state index in [1.807, 2.05) is 6.92 Å². The number of carbonyl (C=O) groups is 2. The standard InChI is InChI=1S/C16H22N4O5S.ClH/c1-10-5-7-11(8-6-10)26(23,24)20-13(15(22)25-2)12(14(20)21)4-3-9-19-16(17)18;/h5-8,12-13H,3-4,9H2,1-2H3,(H4,17,18,19);1H/t12-,13+;/m1./s1. The molecule has 0 bridgehead atoms. The van der Waals surface area contributed by atoms with E-state index in [0.29, 0.717) is 10.7 Å². The lowest BCUT2D eigenvalue weighted by atomic mass is 9.86. The van der Waals surface area contributed by atoms with Gasteiger partial charge in [0.15, 0.2) is 12.0 Å². The van der Waals surface area contributed by atoms with Crippen molar-refractivity contribution in [1.82, 2.24) is 4.31 Å². The molecule has 0 aromatic heterocycles. The zero-order valence-corrected chi connectivity index (χ0v) is 16.6. The summed E-state index contributed by atoms with van der Waals surface area (Å²) < 4.78 is 30.8. The highest BCUT2D eigenvalue weighted by Gasteiger charge is 2.57. The Morgan fingerprint density at radius 2 is 1.85 bits per heavy atom. The first-order valence-electron chi connectivity index (χ1n) is 7.98. The third-order valence-corrected chi connectivity index (χ3v) is 5.95. The number of aryl methyl sites for hydroxylation is 1. The number of rotatable bonds is 7. The van der Waals surface area contributed by atoms with E-state index >= 15 is 0 Å². The number of guanidine groups is 1. The lowest BCUT2D eigenvalue weighted by Gasteiger charge is -2.43. The highest BCUT2D eigenvalue weighted by atomic mass is 35.5. The number of hydrogen-bond acceptors (Lipinski definition) is 6. The predicted molar refractivity (Wildman–Crippen MR) is 102 cm³/mol. The van der Waals surface area contributed by atoms with Crippen LogP contribution in [0.1, 0.15) is 18.4 Å². The zero-order chi connectivity index (χ0) is 19.5. The first-order valence-corrected chi connectivity index (χ1v) is 9.42. The number of aliphatic imine (C=N–C) groups is 1. The summed E-state index contributed by atoms with van der Waals surface area (Å²) in [6.45, 7) is 2.10. The number of sulfonamides is 1. The van der Waals surface area contributed by atoms with Crippen LogP contribution < -0.4 is 11.5 Å². The Bertz CT molecular complexity index is 822. The maximum Gasteiger partial charge on any atom is 0.330 e. The fourth-order valence-corrected chi connectivity index (χ4v) is 4.40. The summed E-state index contributed by atoms with van der Waals surface area (Å²) in [4.78, 5) is 28.3. The van der Waals surface area contributed by atoms with Crippen LogP contribution >= 0.6 is 12.4 Å². The molecule has 27 heavy (non-hydrogen) atoms. The minimum Gasteiger partial charge on any atom is -0.467 e. The Labute approximate surface area is 164 Å². The largest absolute Gasteiger partial charge is 0.467 e. The van der Waals surface area contributed by atoms with Crippen LogP contribution in [0.3, 0.4) is 0 Å². The first kappa shape index (κ1) is 22.7. The van der Waals surface area contributed by atoms with E-state index in [1.165, 1.54) is 12.1 Å². The van der Waals surface area contributed by atoms with Crippen molar-refractivity contribution in [1.29, 1.82) is 0 Å². The number of nitrogens with zero attached hydrogens (tertiary/aromatic N) is 2. The second-order valence-electron chi connectivity index (χ2n) is 5.98. The molecule has 1 saturated heterocycles. The SMILES string of the molecule is COC(=O)[C@@H]1[C@@H](CCCN=C(N)N)C(=O)N1S(=O)(=O)c1ccc(C)cc1.Cl. The third-order valence-electron chi connectivity index (χ3n) is 4.16. The molecule has 0 saturated carbocycles. The molecule has 2 atom stereocenters. The summed E-state index contributed by atoms with van der Waals surface area (Å²) in [7, 11) is -2.98. The number of methoxy groups -OCH3 is 1. The van der Waals surface area contributed by atoms with E-state index in [9.17, 15) is 18.0 Å². The molecule has 4 N–H and O–H groups in total. The average Bonchev–Trinajstić information content (AvgIpc) is 2.58. The van der Waals surface area contributed by atoms with Gasteiger partial charge in [-0.2, -0.15) is 0 Å². The maximum atomic E-state index is 12.8. The molecule has 1 aliphatic rings. The van der Waals surface area contributed by atoms with Crippen molar-refractivity contribution in [2.75, 3.05) is 13.7 Å². The number of esters is 1. The van der Waals surface area contributed by atoms with Gasteiger partial charge in [-0.25, -0.2) is 17.5 Å². The van der Waals surface area contributed by atoms with Gasteiger partial charge in [0.25, 0.3) is 10.0 Å². The van der Waals surface area contributed by atoms with Crippen LogP contribution in [0, 0.1) is 12.8 Å². The van der Waals surface area contributed by atoms with Crippen LogP contribution in [-0.2, 0) is 24.3 Å². The minimum absolute atomic E-state index is 0. The summed E-state index contributed by atoms with van der Waals surface area (Å²) in [5.74, 6) is -2.26. The maximum absolute atomic E-state index is 12.8. The fourth-order valence-electron chi connectivity index (χ4n) is 2.79. The van der Waals surface area contributed by atoms with Crippen LogP contribution in [0.5, 0.6) is 0 Å². The van der Waals surface area contributed by atoms with Gasteiger partial charge in [-0.1, -0.05) is 17.7 Å². The van der Waals surface area contributed by atoms with E-state index in [-0.39, 0.29) is 36.2 Å². The van der Waals surface area contributed by atoms with Gasteiger partial charge in [-0.05, 0) is 31.9 Å². The lowest BCUT2D eigenvalue weighted by molar-refractivity contribution is -0.165. The second-order valence-corrected chi connectivity index (χ2v) is 7.79. The lowest BCUT2D eigenvalue weighted by Crippen LogP contribution is -2.66. The molecule has 1 aromatic rings. The van der Waals surface area contributed by atoms with Gasteiger partial charge in [0.2, 0.25) is 5.91 Å². The number of β-lactam (4-membered cyclic amide) rings is 1. The van der Waals surface area contributed by atoms with Crippen LogP contribution in [0.4, 0.5) is 0 Å². The van der Waals surface area contributed by atoms with Crippen molar-refractivity contribution < 1.29 is 22.7 Å². The van der Waals surface area contributed by atoms with Gasteiger partial charge in [-0.15, -0.1) is 12.4 Å².